The van der Waals surface area contributed by atoms with Gasteiger partial charge in [-0.25, -0.2) is 0 Å². The zero-order valence-electron chi connectivity index (χ0n) is 13.4. The second-order valence-electron chi connectivity index (χ2n) is 6.09. The quantitative estimate of drug-likeness (QED) is 0.848. The zero-order valence-corrected chi connectivity index (χ0v) is 15.1. The fourth-order valence-corrected chi connectivity index (χ4v) is 4.37. The lowest BCUT2D eigenvalue weighted by Gasteiger charge is -2.12. The second-order valence-corrected chi connectivity index (χ2v) is 7.47. The SMILES string of the molecule is CO[C@@H]1CN[C@@H](C(=O)Nc2ccc(SC3CCCC3)cc2)C1.Cl. The van der Waals surface area contributed by atoms with Gasteiger partial charge in [-0.3, -0.25) is 4.79 Å². The summed E-state index contributed by atoms with van der Waals surface area (Å²) in [6.45, 7) is 0.742. The van der Waals surface area contributed by atoms with Crippen LogP contribution in [0.15, 0.2) is 29.2 Å². The Bertz CT molecular complexity index is 506. The van der Waals surface area contributed by atoms with E-state index in [1.165, 1.54) is 30.6 Å². The van der Waals surface area contributed by atoms with Crippen molar-refractivity contribution in [1.82, 2.24) is 5.32 Å². The first-order valence-corrected chi connectivity index (χ1v) is 8.96. The third-order valence-electron chi connectivity index (χ3n) is 4.47. The van der Waals surface area contributed by atoms with Crippen LogP contribution in [0.25, 0.3) is 0 Å². The Labute approximate surface area is 148 Å². The molecule has 3 rings (SSSR count). The number of carbonyl (C=O) groups is 1. The highest BCUT2D eigenvalue weighted by molar-refractivity contribution is 8.00. The first-order valence-electron chi connectivity index (χ1n) is 8.08. The van der Waals surface area contributed by atoms with Crippen molar-refractivity contribution in [2.45, 2.75) is 54.4 Å². The normalized spacial score (nSPS) is 24.4. The molecule has 2 atom stereocenters. The van der Waals surface area contributed by atoms with Crippen molar-refractivity contribution in [2.24, 2.45) is 0 Å². The minimum Gasteiger partial charge on any atom is -0.380 e. The predicted molar refractivity (Wildman–Crippen MR) is 97.6 cm³/mol. The van der Waals surface area contributed by atoms with Gasteiger partial charge in [0.2, 0.25) is 5.91 Å². The third-order valence-corrected chi connectivity index (χ3v) is 5.82. The molecule has 1 amide bonds. The molecule has 2 aliphatic rings. The highest BCUT2D eigenvalue weighted by Gasteiger charge is 2.29. The first-order chi connectivity index (χ1) is 10.7. The van der Waals surface area contributed by atoms with Gasteiger partial charge in [-0.05, 0) is 43.5 Å². The number of methoxy groups -OCH3 is 1. The van der Waals surface area contributed by atoms with E-state index in [1.54, 1.807) is 7.11 Å². The van der Waals surface area contributed by atoms with Crippen LogP contribution in [0.2, 0.25) is 0 Å². The van der Waals surface area contributed by atoms with E-state index in [1.807, 2.05) is 23.9 Å². The zero-order chi connectivity index (χ0) is 15.4. The van der Waals surface area contributed by atoms with Crippen LogP contribution in [0.3, 0.4) is 0 Å². The summed E-state index contributed by atoms with van der Waals surface area (Å²) >= 11 is 1.97. The maximum absolute atomic E-state index is 12.2. The highest BCUT2D eigenvalue weighted by atomic mass is 35.5. The van der Waals surface area contributed by atoms with Gasteiger partial charge in [0.15, 0.2) is 0 Å². The number of ether oxygens (including phenoxy) is 1. The van der Waals surface area contributed by atoms with Gasteiger partial charge >= 0.3 is 0 Å². The molecule has 1 saturated heterocycles. The monoisotopic (exact) mass is 356 g/mol. The molecule has 0 radical (unpaired) electrons. The minimum absolute atomic E-state index is 0. The Morgan fingerprint density at radius 3 is 2.57 bits per heavy atom. The molecule has 1 saturated carbocycles. The summed E-state index contributed by atoms with van der Waals surface area (Å²) in [4.78, 5) is 13.5. The molecule has 6 heteroatoms. The minimum atomic E-state index is -0.155. The summed E-state index contributed by atoms with van der Waals surface area (Å²) in [6, 6.07) is 8.06. The molecule has 4 nitrogen and oxygen atoms in total. The fourth-order valence-electron chi connectivity index (χ4n) is 3.13. The summed E-state index contributed by atoms with van der Waals surface area (Å²) in [5.41, 5.74) is 0.864. The smallest absolute Gasteiger partial charge is 0.241 e. The molecule has 0 aromatic heterocycles. The van der Waals surface area contributed by atoms with Crippen molar-refractivity contribution in [3.05, 3.63) is 24.3 Å². The average molecular weight is 357 g/mol. The Morgan fingerprint density at radius 1 is 1.26 bits per heavy atom. The van der Waals surface area contributed by atoms with E-state index in [9.17, 15) is 4.79 Å². The molecule has 0 bridgehead atoms. The van der Waals surface area contributed by atoms with Crippen LogP contribution < -0.4 is 10.6 Å². The molecule has 0 unspecified atom stereocenters. The Morgan fingerprint density at radius 2 is 1.96 bits per heavy atom. The van der Waals surface area contributed by atoms with E-state index in [-0.39, 0.29) is 30.5 Å². The van der Waals surface area contributed by atoms with Crippen molar-refractivity contribution in [3.63, 3.8) is 0 Å². The summed E-state index contributed by atoms with van der Waals surface area (Å²) in [5.74, 6) is 0.0238. The van der Waals surface area contributed by atoms with Gasteiger partial charge in [-0.15, -0.1) is 24.2 Å². The number of hydrogen-bond acceptors (Lipinski definition) is 4. The molecule has 1 aromatic carbocycles. The Hall–Kier alpha value is -0.750. The maximum atomic E-state index is 12.2. The topological polar surface area (TPSA) is 50.4 Å². The molecular formula is C17H25ClN2O2S. The molecule has 1 aliphatic carbocycles. The summed E-state index contributed by atoms with van der Waals surface area (Å²) in [5, 5.41) is 6.95. The molecule has 1 heterocycles. The van der Waals surface area contributed by atoms with E-state index in [4.69, 9.17) is 4.74 Å². The van der Waals surface area contributed by atoms with Crippen LogP contribution in [0.5, 0.6) is 0 Å². The van der Waals surface area contributed by atoms with Gasteiger partial charge in [0, 0.05) is 29.5 Å². The molecule has 1 aromatic rings. The van der Waals surface area contributed by atoms with Crippen molar-refractivity contribution in [2.75, 3.05) is 19.0 Å². The van der Waals surface area contributed by atoms with E-state index in [2.05, 4.69) is 22.8 Å². The standard InChI is InChI=1S/C17H24N2O2S.ClH/c1-21-13-10-16(18-11-13)17(20)19-12-6-8-15(9-7-12)22-14-4-2-3-5-14;/h6-9,13-14,16,18H,2-5,10-11H2,1H3,(H,19,20);1H/t13-,16+;/m0./s1. The maximum Gasteiger partial charge on any atom is 0.241 e. The Kier molecular flexibility index (Phi) is 7.21. The number of halogens is 1. The van der Waals surface area contributed by atoms with Gasteiger partial charge in [-0.1, -0.05) is 12.8 Å². The molecule has 2 N–H and O–H groups in total. The lowest BCUT2D eigenvalue weighted by Crippen LogP contribution is -2.35. The lowest BCUT2D eigenvalue weighted by atomic mass is 10.2. The number of amides is 1. The van der Waals surface area contributed by atoms with Crippen LogP contribution in [-0.2, 0) is 9.53 Å². The number of carbonyl (C=O) groups excluding carboxylic acids is 1. The molecule has 1 aliphatic heterocycles. The lowest BCUT2D eigenvalue weighted by molar-refractivity contribution is -0.118. The van der Waals surface area contributed by atoms with Gasteiger partial charge in [0.25, 0.3) is 0 Å². The second kappa shape index (κ2) is 8.92. The van der Waals surface area contributed by atoms with Crippen LogP contribution in [0.1, 0.15) is 32.1 Å². The third kappa shape index (κ3) is 5.11. The van der Waals surface area contributed by atoms with Crippen molar-refractivity contribution >= 4 is 35.8 Å². The average Bonchev–Trinajstić information content (AvgIpc) is 3.20. The molecule has 23 heavy (non-hydrogen) atoms. The number of benzene rings is 1. The largest absolute Gasteiger partial charge is 0.380 e. The number of anilines is 1. The summed E-state index contributed by atoms with van der Waals surface area (Å²) in [7, 11) is 1.69. The van der Waals surface area contributed by atoms with Gasteiger partial charge in [0.05, 0.1) is 12.1 Å². The van der Waals surface area contributed by atoms with Gasteiger partial charge in [0.1, 0.15) is 0 Å². The van der Waals surface area contributed by atoms with E-state index >= 15 is 0 Å². The van der Waals surface area contributed by atoms with Crippen molar-refractivity contribution in [1.29, 1.82) is 0 Å². The molecule has 128 valence electrons. The van der Waals surface area contributed by atoms with Crippen molar-refractivity contribution < 1.29 is 9.53 Å². The number of hydrogen-bond donors (Lipinski definition) is 2. The number of thioether (sulfide) groups is 1. The van der Waals surface area contributed by atoms with Gasteiger partial charge < -0.3 is 15.4 Å². The highest BCUT2D eigenvalue weighted by Crippen LogP contribution is 2.34. The Balaban J connectivity index is 0.00000192. The first kappa shape index (κ1) is 18.6. The van der Waals surface area contributed by atoms with Crippen LogP contribution in [-0.4, -0.2) is 37.0 Å². The summed E-state index contributed by atoms with van der Waals surface area (Å²) in [6.07, 6.45) is 6.26. The molecule has 2 fully saturated rings. The van der Waals surface area contributed by atoms with E-state index in [0.717, 1.165) is 23.9 Å². The van der Waals surface area contributed by atoms with Crippen LogP contribution in [0, 0.1) is 0 Å². The van der Waals surface area contributed by atoms with E-state index < -0.39 is 0 Å². The fraction of sp³-hybridized carbons (Fsp3) is 0.588. The number of nitrogens with one attached hydrogen (secondary N) is 2. The van der Waals surface area contributed by atoms with Gasteiger partial charge in [-0.2, -0.15) is 0 Å². The van der Waals surface area contributed by atoms with Crippen LogP contribution in [0.4, 0.5) is 5.69 Å². The number of rotatable bonds is 5. The molecule has 0 spiro atoms. The predicted octanol–water partition coefficient (Wildman–Crippen LogP) is 3.46. The summed E-state index contributed by atoms with van der Waals surface area (Å²) < 4.78 is 5.28. The van der Waals surface area contributed by atoms with E-state index in [0.29, 0.717) is 0 Å². The van der Waals surface area contributed by atoms with Crippen LogP contribution >= 0.6 is 24.2 Å². The van der Waals surface area contributed by atoms with Crippen molar-refractivity contribution in [3.8, 4) is 0 Å². The molecular weight excluding hydrogens is 332 g/mol.